The number of carbonyl (C=O) groups is 1. The van der Waals surface area contributed by atoms with Gasteiger partial charge in [0, 0.05) is 12.2 Å². The Labute approximate surface area is 85.6 Å². The van der Waals surface area contributed by atoms with Crippen molar-refractivity contribution in [1.29, 1.82) is 0 Å². The first-order valence-corrected chi connectivity index (χ1v) is 5.32. The first kappa shape index (κ1) is 10.5. The van der Waals surface area contributed by atoms with E-state index in [-0.39, 0.29) is 5.91 Å². The van der Waals surface area contributed by atoms with Crippen molar-refractivity contribution in [3.05, 3.63) is 23.1 Å². The molecule has 72 valence electrons. The first-order valence-electron chi connectivity index (χ1n) is 3.79. The van der Waals surface area contributed by atoms with Gasteiger partial charge in [-0.1, -0.05) is 0 Å². The van der Waals surface area contributed by atoms with Gasteiger partial charge in [-0.15, -0.1) is 0 Å². The Morgan fingerprint density at radius 3 is 2.92 bits per heavy atom. The molecule has 0 aliphatic rings. The van der Waals surface area contributed by atoms with Gasteiger partial charge in [-0.2, -0.15) is 11.8 Å². The van der Waals surface area contributed by atoms with Crippen molar-refractivity contribution in [1.82, 2.24) is 0 Å². The zero-order valence-corrected chi connectivity index (χ0v) is 8.53. The SMILES string of the molecule is NC(=O)CCSCc1ccc(Cl)o1. The number of halogens is 1. The standard InChI is InChI=1S/C8H10ClNO2S/c9-7-2-1-6(12-7)5-13-4-3-8(10)11/h1-2H,3-5H2,(H2,10,11). The minimum Gasteiger partial charge on any atom is -0.449 e. The van der Waals surface area contributed by atoms with Crippen molar-refractivity contribution in [2.45, 2.75) is 12.2 Å². The van der Waals surface area contributed by atoms with Gasteiger partial charge >= 0.3 is 0 Å². The Morgan fingerprint density at radius 2 is 2.38 bits per heavy atom. The molecule has 2 N–H and O–H groups in total. The summed E-state index contributed by atoms with van der Waals surface area (Å²) in [5.74, 6) is 1.98. The summed E-state index contributed by atoms with van der Waals surface area (Å²) in [7, 11) is 0. The molecule has 13 heavy (non-hydrogen) atoms. The minimum absolute atomic E-state index is 0.273. The van der Waals surface area contributed by atoms with Crippen LogP contribution >= 0.6 is 23.4 Å². The average molecular weight is 220 g/mol. The van der Waals surface area contributed by atoms with Crippen molar-refractivity contribution < 1.29 is 9.21 Å². The van der Waals surface area contributed by atoms with E-state index in [0.717, 1.165) is 11.5 Å². The molecule has 1 aromatic heterocycles. The van der Waals surface area contributed by atoms with Crippen LogP contribution in [0.15, 0.2) is 16.5 Å². The Morgan fingerprint density at radius 1 is 1.62 bits per heavy atom. The molecular weight excluding hydrogens is 210 g/mol. The van der Waals surface area contributed by atoms with Crippen LogP contribution in [-0.4, -0.2) is 11.7 Å². The summed E-state index contributed by atoms with van der Waals surface area (Å²) in [4.78, 5) is 10.4. The summed E-state index contributed by atoms with van der Waals surface area (Å²) in [5, 5.41) is 0.394. The van der Waals surface area contributed by atoms with Crippen molar-refractivity contribution in [3.63, 3.8) is 0 Å². The average Bonchev–Trinajstić information content (AvgIpc) is 2.45. The third kappa shape index (κ3) is 4.24. The molecule has 0 aliphatic heterocycles. The van der Waals surface area contributed by atoms with Crippen molar-refractivity contribution >= 4 is 29.3 Å². The van der Waals surface area contributed by atoms with Crippen LogP contribution in [0, 0.1) is 0 Å². The topological polar surface area (TPSA) is 56.2 Å². The predicted molar refractivity (Wildman–Crippen MR) is 53.7 cm³/mol. The highest BCUT2D eigenvalue weighted by atomic mass is 35.5. The Bertz CT molecular complexity index is 287. The van der Waals surface area contributed by atoms with E-state index in [1.54, 1.807) is 17.8 Å². The number of hydrogen-bond acceptors (Lipinski definition) is 3. The fourth-order valence-corrected chi connectivity index (χ4v) is 1.78. The highest BCUT2D eigenvalue weighted by Gasteiger charge is 2.00. The fraction of sp³-hybridized carbons (Fsp3) is 0.375. The zero-order valence-electron chi connectivity index (χ0n) is 6.96. The van der Waals surface area contributed by atoms with Gasteiger partial charge in [-0.05, 0) is 23.7 Å². The van der Waals surface area contributed by atoms with E-state index in [1.807, 2.05) is 6.07 Å². The van der Waals surface area contributed by atoms with E-state index in [0.29, 0.717) is 17.4 Å². The summed E-state index contributed by atoms with van der Waals surface area (Å²) < 4.78 is 5.12. The van der Waals surface area contributed by atoms with Crippen LogP contribution in [0.25, 0.3) is 0 Å². The zero-order chi connectivity index (χ0) is 9.68. The molecule has 1 rings (SSSR count). The smallest absolute Gasteiger partial charge is 0.218 e. The van der Waals surface area contributed by atoms with Crippen LogP contribution in [0.5, 0.6) is 0 Å². The number of hydrogen-bond donors (Lipinski definition) is 1. The quantitative estimate of drug-likeness (QED) is 0.772. The molecule has 1 aromatic rings. The van der Waals surface area contributed by atoms with Gasteiger partial charge in [0.1, 0.15) is 5.76 Å². The summed E-state index contributed by atoms with van der Waals surface area (Å²) in [6.07, 6.45) is 0.402. The molecule has 0 spiro atoms. The number of thioether (sulfide) groups is 1. The molecule has 1 heterocycles. The second-order valence-electron chi connectivity index (χ2n) is 2.47. The molecule has 0 bridgehead atoms. The molecule has 5 heteroatoms. The lowest BCUT2D eigenvalue weighted by Crippen LogP contribution is -2.10. The third-order valence-electron chi connectivity index (χ3n) is 1.37. The number of furan rings is 1. The lowest BCUT2D eigenvalue weighted by Gasteiger charge is -1.95. The highest BCUT2D eigenvalue weighted by molar-refractivity contribution is 7.98. The van der Waals surface area contributed by atoms with Crippen molar-refractivity contribution in [2.75, 3.05) is 5.75 Å². The van der Waals surface area contributed by atoms with Crippen LogP contribution in [-0.2, 0) is 10.5 Å². The van der Waals surface area contributed by atoms with Gasteiger partial charge in [-0.3, -0.25) is 4.79 Å². The maximum absolute atomic E-state index is 10.4. The maximum atomic E-state index is 10.4. The normalized spacial score (nSPS) is 10.2. The fourth-order valence-electron chi connectivity index (χ4n) is 0.775. The molecule has 3 nitrogen and oxygen atoms in total. The second-order valence-corrected chi connectivity index (χ2v) is 3.95. The van der Waals surface area contributed by atoms with E-state index < -0.39 is 0 Å². The van der Waals surface area contributed by atoms with E-state index in [9.17, 15) is 4.79 Å². The summed E-state index contributed by atoms with van der Waals surface area (Å²) >= 11 is 7.17. The second kappa shape index (κ2) is 5.19. The molecule has 0 aromatic carbocycles. The summed E-state index contributed by atoms with van der Waals surface area (Å²) in [5.41, 5.74) is 4.98. The lowest BCUT2D eigenvalue weighted by molar-refractivity contribution is -0.117. The summed E-state index contributed by atoms with van der Waals surface area (Å²) in [6.45, 7) is 0. The number of carbonyl (C=O) groups excluding carboxylic acids is 1. The molecule has 1 amide bonds. The van der Waals surface area contributed by atoms with E-state index in [2.05, 4.69) is 0 Å². The van der Waals surface area contributed by atoms with Crippen molar-refractivity contribution in [3.8, 4) is 0 Å². The Balaban J connectivity index is 2.16. The largest absolute Gasteiger partial charge is 0.449 e. The van der Waals surface area contributed by atoms with E-state index in [4.69, 9.17) is 21.8 Å². The minimum atomic E-state index is -0.273. The van der Waals surface area contributed by atoms with Crippen molar-refractivity contribution in [2.24, 2.45) is 5.73 Å². The van der Waals surface area contributed by atoms with Gasteiger partial charge in [-0.25, -0.2) is 0 Å². The molecule has 0 unspecified atom stereocenters. The van der Waals surface area contributed by atoms with E-state index in [1.165, 1.54) is 0 Å². The third-order valence-corrected chi connectivity index (χ3v) is 2.55. The van der Waals surface area contributed by atoms with Crippen LogP contribution in [0.2, 0.25) is 5.22 Å². The van der Waals surface area contributed by atoms with Gasteiger partial charge < -0.3 is 10.2 Å². The number of nitrogens with two attached hydrogens (primary N) is 1. The predicted octanol–water partition coefficient (Wildman–Crippen LogP) is 2.04. The molecule has 0 atom stereocenters. The number of amides is 1. The molecule has 0 fully saturated rings. The Hall–Kier alpha value is -0.610. The van der Waals surface area contributed by atoms with Gasteiger partial charge in [0.2, 0.25) is 5.91 Å². The molecule has 0 saturated heterocycles. The monoisotopic (exact) mass is 219 g/mol. The molecule has 0 saturated carbocycles. The van der Waals surface area contributed by atoms with Crippen LogP contribution in [0.4, 0.5) is 0 Å². The van der Waals surface area contributed by atoms with Gasteiger partial charge in [0.05, 0.1) is 5.75 Å². The van der Waals surface area contributed by atoms with Gasteiger partial charge in [0.25, 0.3) is 0 Å². The van der Waals surface area contributed by atoms with Crippen LogP contribution < -0.4 is 5.73 Å². The van der Waals surface area contributed by atoms with Gasteiger partial charge in [0.15, 0.2) is 5.22 Å². The number of rotatable bonds is 5. The van der Waals surface area contributed by atoms with Crippen LogP contribution in [0.1, 0.15) is 12.2 Å². The lowest BCUT2D eigenvalue weighted by atomic mass is 10.5. The maximum Gasteiger partial charge on any atom is 0.218 e. The highest BCUT2D eigenvalue weighted by Crippen LogP contribution is 2.18. The number of primary amides is 1. The first-order chi connectivity index (χ1) is 6.18. The molecule has 0 radical (unpaired) electrons. The molecule has 0 aliphatic carbocycles. The Kier molecular flexibility index (Phi) is 4.18. The molecular formula is C8H10ClNO2S. The van der Waals surface area contributed by atoms with E-state index >= 15 is 0 Å². The summed E-state index contributed by atoms with van der Waals surface area (Å²) in [6, 6.07) is 3.52. The van der Waals surface area contributed by atoms with Crippen LogP contribution in [0.3, 0.4) is 0 Å².